The maximum Gasteiger partial charge on any atom is 0.417 e. The molecule has 0 amide bonds. The molecule has 0 saturated heterocycles. The van der Waals surface area contributed by atoms with Crippen LogP contribution in [0.1, 0.15) is 30.0 Å². The number of rotatable bonds is 3. The lowest BCUT2D eigenvalue weighted by Gasteiger charge is -2.13. The summed E-state index contributed by atoms with van der Waals surface area (Å²) in [5.74, 6) is 5.23. The number of halogens is 4. The molecule has 0 bridgehead atoms. The second-order valence-corrected chi connectivity index (χ2v) is 6.45. The molecular formula is C21H17F4N3. The quantitative estimate of drug-likeness (QED) is 0.487. The van der Waals surface area contributed by atoms with Crippen LogP contribution in [0.25, 0.3) is 10.9 Å². The van der Waals surface area contributed by atoms with E-state index in [0.29, 0.717) is 16.9 Å². The number of nitrogens with one attached hydrogen (secondary N) is 1. The maximum atomic E-state index is 14.1. The number of anilines is 1. The van der Waals surface area contributed by atoms with Gasteiger partial charge in [0.1, 0.15) is 18.0 Å². The van der Waals surface area contributed by atoms with Crippen molar-refractivity contribution in [2.75, 3.05) is 5.32 Å². The van der Waals surface area contributed by atoms with Gasteiger partial charge in [-0.3, -0.25) is 0 Å². The summed E-state index contributed by atoms with van der Waals surface area (Å²) < 4.78 is 53.6. The van der Waals surface area contributed by atoms with Gasteiger partial charge in [0.05, 0.1) is 16.5 Å². The third kappa shape index (κ3) is 4.39. The van der Waals surface area contributed by atoms with Gasteiger partial charge in [0.25, 0.3) is 0 Å². The predicted octanol–water partition coefficient (Wildman–Crippen LogP) is 5.34. The molecule has 0 fully saturated rings. The van der Waals surface area contributed by atoms with Crippen LogP contribution < -0.4 is 5.32 Å². The summed E-state index contributed by atoms with van der Waals surface area (Å²) in [6.45, 7) is 3.40. The number of aromatic nitrogens is 2. The molecular weight excluding hydrogens is 370 g/mol. The molecule has 2 aromatic carbocycles. The van der Waals surface area contributed by atoms with Crippen molar-refractivity contribution in [1.29, 1.82) is 0 Å². The molecule has 28 heavy (non-hydrogen) atoms. The van der Waals surface area contributed by atoms with Gasteiger partial charge < -0.3 is 5.32 Å². The number of aryl methyl sites for hydroxylation is 1. The van der Waals surface area contributed by atoms with Crippen molar-refractivity contribution in [2.24, 2.45) is 0 Å². The molecule has 0 spiro atoms. The molecule has 7 heteroatoms. The van der Waals surface area contributed by atoms with Crippen molar-refractivity contribution in [3.05, 3.63) is 65.2 Å². The number of nitrogens with zero attached hydrogens (tertiary/aromatic N) is 2. The van der Waals surface area contributed by atoms with E-state index in [1.807, 2.05) is 0 Å². The average Bonchev–Trinajstić information content (AvgIpc) is 2.62. The van der Waals surface area contributed by atoms with E-state index in [1.54, 1.807) is 32.0 Å². The molecule has 0 aliphatic carbocycles. The first kappa shape index (κ1) is 19.6. The third-order valence-corrected chi connectivity index (χ3v) is 4.11. The summed E-state index contributed by atoms with van der Waals surface area (Å²) in [6, 6.07) is 8.34. The molecule has 3 aromatic rings. The van der Waals surface area contributed by atoms with Crippen LogP contribution in [0.5, 0.6) is 0 Å². The maximum absolute atomic E-state index is 14.1. The first-order valence-electron chi connectivity index (χ1n) is 8.58. The van der Waals surface area contributed by atoms with E-state index >= 15 is 0 Å². The summed E-state index contributed by atoms with van der Waals surface area (Å²) in [7, 11) is 0. The van der Waals surface area contributed by atoms with E-state index in [2.05, 4.69) is 27.1 Å². The molecule has 1 unspecified atom stereocenters. The van der Waals surface area contributed by atoms with Gasteiger partial charge in [0.15, 0.2) is 0 Å². The predicted molar refractivity (Wildman–Crippen MR) is 100 cm³/mol. The Bertz CT molecular complexity index is 1060. The fraction of sp³-hybridized carbons (Fsp3) is 0.238. The Hall–Kier alpha value is -3.14. The lowest BCUT2D eigenvalue weighted by atomic mass is 10.0. The highest BCUT2D eigenvalue weighted by Crippen LogP contribution is 2.32. The minimum atomic E-state index is -4.46. The van der Waals surface area contributed by atoms with Gasteiger partial charge in [-0.2, -0.15) is 13.2 Å². The Kier molecular flexibility index (Phi) is 5.50. The fourth-order valence-electron chi connectivity index (χ4n) is 2.76. The molecule has 1 aromatic heterocycles. The van der Waals surface area contributed by atoms with Crippen LogP contribution >= 0.6 is 0 Å². The zero-order valence-electron chi connectivity index (χ0n) is 15.2. The van der Waals surface area contributed by atoms with Gasteiger partial charge in [0.2, 0.25) is 0 Å². The SMILES string of the molecule is Cc1ccc(C#CCC(C)Nc2ncnc3cccc(F)c23)c(C(F)(F)F)c1. The van der Waals surface area contributed by atoms with Crippen molar-refractivity contribution >= 4 is 16.7 Å². The molecule has 3 rings (SSSR count). The second-order valence-electron chi connectivity index (χ2n) is 6.45. The second kappa shape index (κ2) is 7.85. The zero-order valence-corrected chi connectivity index (χ0v) is 15.2. The van der Waals surface area contributed by atoms with Crippen LogP contribution in [0, 0.1) is 24.6 Å². The number of hydrogen-bond donors (Lipinski definition) is 1. The Morgan fingerprint density at radius 3 is 2.68 bits per heavy atom. The van der Waals surface area contributed by atoms with Crippen LogP contribution in [-0.2, 0) is 6.18 Å². The highest BCUT2D eigenvalue weighted by molar-refractivity contribution is 5.89. The van der Waals surface area contributed by atoms with Crippen LogP contribution in [0.15, 0.2) is 42.7 Å². The number of benzene rings is 2. The Labute approximate surface area is 159 Å². The van der Waals surface area contributed by atoms with Crippen LogP contribution in [0.4, 0.5) is 23.4 Å². The van der Waals surface area contributed by atoms with Crippen molar-refractivity contribution in [1.82, 2.24) is 9.97 Å². The van der Waals surface area contributed by atoms with Crippen molar-refractivity contribution in [3.63, 3.8) is 0 Å². The van der Waals surface area contributed by atoms with Crippen molar-refractivity contribution in [2.45, 2.75) is 32.5 Å². The topological polar surface area (TPSA) is 37.8 Å². The van der Waals surface area contributed by atoms with E-state index in [-0.39, 0.29) is 23.4 Å². The third-order valence-electron chi connectivity index (χ3n) is 4.11. The number of alkyl halides is 3. The Morgan fingerprint density at radius 2 is 1.93 bits per heavy atom. The lowest BCUT2D eigenvalue weighted by molar-refractivity contribution is -0.137. The molecule has 1 atom stereocenters. The smallest absolute Gasteiger partial charge is 0.366 e. The van der Waals surface area contributed by atoms with Gasteiger partial charge in [0, 0.05) is 18.0 Å². The minimum Gasteiger partial charge on any atom is -0.366 e. The summed E-state index contributed by atoms with van der Waals surface area (Å²) in [6.07, 6.45) is -2.88. The largest absolute Gasteiger partial charge is 0.417 e. The summed E-state index contributed by atoms with van der Waals surface area (Å²) in [5.41, 5.74) is 0.171. The van der Waals surface area contributed by atoms with Crippen LogP contribution in [0.3, 0.4) is 0 Å². The van der Waals surface area contributed by atoms with Gasteiger partial charge in [-0.25, -0.2) is 14.4 Å². The highest BCUT2D eigenvalue weighted by Gasteiger charge is 2.33. The lowest BCUT2D eigenvalue weighted by Crippen LogP contribution is -2.16. The Balaban J connectivity index is 1.78. The molecule has 3 nitrogen and oxygen atoms in total. The van der Waals surface area contributed by atoms with Crippen molar-refractivity contribution in [3.8, 4) is 11.8 Å². The van der Waals surface area contributed by atoms with Crippen molar-refractivity contribution < 1.29 is 17.6 Å². The fourth-order valence-corrected chi connectivity index (χ4v) is 2.76. The van der Waals surface area contributed by atoms with E-state index in [9.17, 15) is 17.6 Å². The van der Waals surface area contributed by atoms with E-state index in [0.717, 1.165) is 6.07 Å². The summed E-state index contributed by atoms with van der Waals surface area (Å²) in [5, 5.41) is 3.32. The van der Waals surface area contributed by atoms with Gasteiger partial charge in [-0.1, -0.05) is 29.5 Å². The Morgan fingerprint density at radius 1 is 1.14 bits per heavy atom. The van der Waals surface area contributed by atoms with E-state index < -0.39 is 17.6 Å². The molecule has 0 aliphatic rings. The first-order chi connectivity index (χ1) is 13.3. The van der Waals surface area contributed by atoms with Gasteiger partial charge >= 0.3 is 6.18 Å². The highest BCUT2D eigenvalue weighted by atomic mass is 19.4. The van der Waals surface area contributed by atoms with Gasteiger partial charge in [-0.05, 0) is 38.1 Å². The minimum absolute atomic E-state index is 0.0659. The average molecular weight is 387 g/mol. The number of fused-ring (bicyclic) bond motifs is 1. The zero-order chi connectivity index (χ0) is 20.3. The molecule has 1 N–H and O–H groups in total. The molecule has 0 radical (unpaired) electrons. The monoisotopic (exact) mass is 387 g/mol. The summed E-state index contributed by atoms with van der Waals surface area (Å²) >= 11 is 0. The normalized spacial score (nSPS) is 12.4. The molecule has 0 aliphatic heterocycles. The van der Waals surface area contributed by atoms with Crippen LogP contribution in [0.2, 0.25) is 0 Å². The van der Waals surface area contributed by atoms with E-state index in [4.69, 9.17) is 0 Å². The molecule has 144 valence electrons. The summed E-state index contributed by atoms with van der Waals surface area (Å²) in [4.78, 5) is 8.10. The van der Waals surface area contributed by atoms with Crippen LogP contribution in [-0.4, -0.2) is 16.0 Å². The molecule has 1 heterocycles. The number of hydrogen-bond acceptors (Lipinski definition) is 3. The molecule has 0 saturated carbocycles. The van der Waals surface area contributed by atoms with E-state index in [1.165, 1.54) is 18.5 Å². The van der Waals surface area contributed by atoms with Gasteiger partial charge in [-0.15, -0.1) is 0 Å². The standard InChI is InChI=1S/C21H17F4N3/c1-13-9-10-15(16(11-13)21(23,24)25)6-3-5-14(2)28-20-19-17(22)7-4-8-18(19)26-12-27-20/h4,7-12,14H,5H2,1-2H3,(H,26,27,28). The first-order valence-corrected chi connectivity index (χ1v) is 8.58.